The maximum Gasteiger partial charge on any atom is 0.149 e. The van der Waals surface area contributed by atoms with Crippen molar-refractivity contribution < 1.29 is 4.74 Å². The van der Waals surface area contributed by atoms with Crippen molar-refractivity contribution in [2.24, 2.45) is 0 Å². The summed E-state index contributed by atoms with van der Waals surface area (Å²) in [5.74, 6) is 0. The number of hydrogen-bond donors (Lipinski definition) is 1. The molecule has 1 aromatic rings. The summed E-state index contributed by atoms with van der Waals surface area (Å²) in [6.07, 6.45) is 4.27. The Balaban J connectivity index is 2.73. The second-order valence-corrected chi connectivity index (χ2v) is 2.35. The van der Waals surface area contributed by atoms with Gasteiger partial charge in [-0.15, -0.1) is 0 Å². The van der Waals surface area contributed by atoms with E-state index < -0.39 is 0 Å². The Hall–Kier alpha value is -1.03. The zero-order valence-electron chi connectivity index (χ0n) is 6.82. The molecule has 0 amide bonds. The molecule has 1 heterocycles. The van der Waals surface area contributed by atoms with E-state index in [1.165, 1.54) is 0 Å². The Bertz CT molecular complexity index is 217. The van der Waals surface area contributed by atoms with E-state index in [0.29, 0.717) is 5.69 Å². The van der Waals surface area contributed by atoms with Crippen molar-refractivity contribution in [1.82, 2.24) is 9.78 Å². The third-order valence-electron chi connectivity index (χ3n) is 1.54. The number of aromatic nitrogens is 2. The number of methoxy groups -OCH3 is 1. The van der Waals surface area contributed by atoms with Crippen LogP contribution in [0, 0.1) is 0 Å². The average molecular weight is 155 g/mol. The van der Waals surface area contributed by atoms with Gasteiger partial charge in [-0.2, -0.15) is 5.10 Å². The molecule has 0 bridgehead atoms. The molecule has 0 aliphatic rings. The highest BCUT2D eigenvalue weighted by Crippen LogP contribution is 2.11. The van der Waals surface area contributed by atoms with Gasteiger partial charge in [0.15, 0.2) is 0 Å². The maximum absolute atomic E-state index is 5.49. The molecule has 0 radical (unpaired) electrons. The molecule has 0 fully saturated rings. The van der Waals surface area contributed by atoms with Crippen LogP contribution >= 0.6 is 0 Å². The van der Waals surface area contributed by atoms with Crippen molar-refractivity contribution in [2.45, 2.75) is 19.6 Å². The number of nitrogens with two attached hydrogens (primary N) is 1. The Kier molecular flexibility index (Phi) is 2.48. The van der Waals surface area contributed by atoms with E-state index in [-0.39, 0.29) is 6.23 Å². The molecule has 4 heteroatoms. The summed E-state index contributed by atoms with van der Waals surface area (Å²) in [5.41, 5.74) is 6.15. The monoisotopic (exact) mass is 155 g/mol. The Morgan fingerprint density at radius 2 is 2.55 bits per heavy atom. The van der Waals surface area contributed by atoms with Crippen molar-refractivity contribution in [3.63, 3.8) is 0 Å². The van der Waals surface area contributed by atoms with Gasteiger partial charge < -0.3 is 10.5 Å². The van der Waals surface area contributed by atoms with E-state index in [1.807, 2.05) is 6.92 Å². The average Bonchev–Trinajstić information content (AvgIpc) is 2.39. The van der Waals surface area contributed by atoms with Crippen LogP contribution in [-0.4, -0.2) is 16.9 Å². The molecule has 1 rings (SSSR count). The molecule has 0 spiro atoms. The minimum atomic E-state index is 0.00676. The van der Waals surface area contributed by atoms with E-state index in [0.717, 1.165) is 6.42 Å². The fourth-order valence-electron chi connectivity index (χ4n) is 0.972. The number of anilines is 1. The first-order chi connectivity index (χ1) is 5.27. The van der Waals surface area contributed by atoms with Crippen LogP contribution in [0.15, 0.2) is 12.4 Å². The summed E-state index contributed by atoms with van der Waals surface area (Å²) in [6.45, 7) is 2.03. The van der Waals surface area contributed by atoms with Crippen molar-refractivity contribution in [2.75, 3.05) is 12.8 Å². The summed E-state index contributed by atoms with van der Waals surface area (Å²) >= 11 is 0. The maximum atomic E-state index is 5.49. The van der Waals surface area contributed by atoms with Crippen LogP contribution in [0.5, 0.6) is 0 Å². The van der Waals surface area contributed by atoms with Gasteiger partial charge in [-0.25, -0.2) is 4.68 Å². The molecular weight excluding hydrogens is 142 g/mol. The molecule has 0 saturated heterocycles. The first kappa shape index (κ1) is 8.07. The number of ether oxygens (including phenoxy) is 1. The lowest BCUT2D eigenvalue weighted by atomic mass is 10.4. The number of nitrogens with zero attached hydrogens (tertiary/aromatic N) is 2. The van der Waals surface area contributed by atoms with E-state index in [2.05, 4.69) is 5.10 Å². The minimum Gasteiger partial charge on any atom is -0.396 e. The van der Waals surface area contributed by atoms with Gasteiger partial charge in [-0.05, 0) is 6.42 Å². The van der Waals surface area contributed by atoms with Crippen LogP contribution in [0.3, 0.4) is 0 Å². The highest BCUT2D eigenvalue weighted by atomic mass is 16.5. The highest BCUT2D eigenvalue weighted by Gasteiger charge is 2.06. The third-order valence-corrected chi connectivity index (χ3v) is 1.54. The number of rotatable bonds is 3. The second-order valence-electron chi connectivity index (χ2n) is 2.35. The minimum absolute atomic E-state index is 0.00676. The molecule has 1 unspecified atom stereocenters. The van der Waals surface area contributed by atoms with Crippen LogP contribution < -0.4 is 5.73 Å². The molecule has 0 aliphatic heterocycles. The SMILES string of the molecule is CCC(OC)n1cc(N)cn1. The quantitative estimate of drug-likeness (QED) is 0.709. The van der Waals surface area contributed by atoms with Crippen molar-refractivity contribution >= 4 is 5.69 Å². The molecule has 4 nitrogen and oxygen atoms in total. The van der Waals surface area contributed by atoms with E-state index in [4.69, 9.17) is 10.5 Å². The van der Waals surface area contributed by atoms with Gasteiger partial charge in [0.2, 0.25) is 0 Å². The largest absolute Gasteiger partial charge is 0.396 e. The third kappa shape index (κ3) is 1.71. The zero-order chi connectivity index (χ0) is 8.27. The molecule has 2 N–H and O–H groups in total. The van der Waals surface area contributed by atoms with Crippen LogP contribution in [0.1, 0.15) is 19.6 Å². The lowest BCUT2D eigenvalue weighted by Gasteiger charge is -2.12. The van der Waals surface area contributed by atoms with Crippen LogP contribution in [0.4, 0.5) is 5.69 Å². The van der Waals surface area contributed by atoms with Crippen LogP contribution in [-0.2, 0) is 4.74 Å². The first-order valence-electron chi connectivity index (χ1n) is 3.60. The number of hydrogen-bond acceptors (Lipinski definition) is 3. The van der Waals surface area contributed by atoms with Crippen molar-refractivity contribution in [3.05, 3.63) is 12.4 Å². The van der Waals surface area contributed by atoms with Gasteiger partial charge in [0.05, 0.1) is 18.1 Å². The molecule has 0 aliphatic carbocycles. The Labute approximate surface area is 66.0 Å². The Morgan fingerprint density at radius 1 is 1.82 bits per heavy atom. The number of nitrogen functional groups attached to an aromatic ring is 1. The van der Waals surface area contributed by atoms with Gasteiger partial charge in [0.25, 0.3) is 0 Å². The topological polar surface area (TPSA) is 53.1 Å². The smallest absolute Gasteiger partial charge is 0.149 e. The van der Waals surface area contributed by atoms with Gasteiger partial charge >= 0.3 is 0 Å². The second kappa shape index (κ2) is 3.39. The lowest BCUT2D eigenvalue weighted by molar-refractivity contribution is 0.0310. The first-order valence-corrected chi connectivity index (χ1v) is 3.60. The standard InChI is InChI=1S/C7H13N3O/c1-3-7(11-2)10-5-6(8)4-9-10/h4-5,7H,3,8H2,1-2H3. The molecule has 11 heavy (non-hydrogen) atoms. The van der Waals surface area contributed by atoms with E-state index >= 15 is 0 Å². The molecule has 0 aromatic carbocycles. The van der Waals surface area contributed by atoms with E-state index in [9.17, 15) is 0 Å². The van der Waals surface area contributed by atoms with Crippen molar-refractivity contribution in [3.8, 4) is 0 Å². The molecule has 62 valence electrons. The normalized spacial score (nSPS) is 13.3. The molecule has 0 saturated carbocycles. The van der Waals surface area contributed by atoms with Crippen molar-refractivity contribution in [1.29, 1.82) is 0 Å². The Morgan fingerprint density at radius 3 is 2.91 bits per heavy atom. The highest BCUT2D eigenvalue weighted by molar-refractivity contribution is 5.30. The summed E-state index contributed by atoms with van der Waals surface area (Å²) < 4.78 is 6.86. The summed E-state index contributed by atoms with van der Waals surface area (Å²) in [7, 11) is 1.66. The van der Waals surface area contributed by atoms with Crippen LogP contribution in [0.25, 0.3) is 0 Å². The van der Waals surface area contributed by atoms with Gasteiger partial charge in [-0.3, -0.25) is 0 Å². The summed E-state index contributed by atoms with van der Waals surface area (Å²) in [5, 5.41) is 4.02. The van der Waals surface area contributed by atoms with Gasteiger partial charge in [0.1, 0.15) is 6.23 Å². The fraction of sp³-hybridized carbons (Fsp3) is 0.571. The van der Waals surface area contributed by atoms with E-state index in [1.54, 1.807) is 24.2 Å². The zero-order valence-corrected chi connectivity index (χ0v) is 6.82. The molecule has 1 atom stereocenters. The fourth-order valence-corrected chi connectivity index (χ4v) is 0.972. The summed E-state index contributed by atoms with van der Waals surface area (Å²) in [4.78, 5) is 0. The lowest BCUT2D eigenvalue weighted by Crippen LogP contribution is -2.10. The molecular formula is C7H13N3O. The van der Waals surface area contributed by atoms with Crippen LogP contribution in [0.2, 0.25) is 0 Å². The molecule has 1 aromatic heterocycles. The predicted octanol–water partition coefficient (Wildman–Crippen LogP) is 1.02. The predicted molar refractivity (Wildman–Crippen MR) is 43.0 cm³/mol. The van der Waals surface area contributed by atoms with Gasteiger partial charge in [-0.1, -0.05) is 6.92 Å². The van der Waals surface area contributed by atoms with Gasteiger partial charge in [0, 0.05) is 7.11 Å². The summed E-state index contributed by atoms with van der Waals surface area (Å²) in [6, 6.07) is 0.